The molecule has 1 unspecified atom stereocenters. The van der Waals surface area contributed by atoms with Crippen LogP contribution in [0.1, 0.15) is 25.3 Å². The summed E-state index contributed by atoms with van der Waals surface area (Å²) in [6.07, 6.45) is 0.892. The van der Waals surface area contributed by atoms with Crippen LogP contribution >= 0.6 is 0 Å². The maximum absolute atomic E-state index is 13.5. The summed E-state index contributed by atoms with van der Waals surface area (Å²) in [7, 11) is 0. The molecule has 1 aromatic carbocycles. The molecule has 0 amide bonds. The monoisotopic (exact) mass is 233 g/mol. The van der Waals surface area contributed by atoms with Gasteiger partial charge >= 0.3 is 0 Å². The first kappa shape index (κ1) is 11.4. The van der Waals surface area contributed by atoms with Gasteiger partial charge < -0.3 is 5.73 Å². The SMILES string of the molecule is CC(N)C1(c2c(F)c(F)cc(F)c2F)CC1. The molecule has 1 saturated carbocycles. The normalized spacial score (nSPS) is 19.6. The molecule has 2 N–H and O–H groups in total. The highest BCUT2D eigenvalue weighted by Crippen LogP contribution is 2.52. The standard InChI is InChI=1S/C11H11F4N/c1-5(16)11(2-3-11)8-9(14)6(12)4-7(13)10(8)15/h4-5H,2-3,16H2,1H3. The largest absolute Gasteiger partial charge is 0.327 e. The lowest BCUT2D eigenvalue weighted by atomic mass is 9.88. The van der Waals surface area contributed by atoms with Crippen molar-refractivity contribution in [1.29, 1.82) is 0 Å². The molecule has 0 saturated heterocycles. The average Bonchev–Trinajstić information content (AvgIpc) is 2.97. The van der Waals surface area contributed by atoms with Gasteiger partial charge in [-0.05, 0) is 19.8 Å². The number of hydrogen-bond donors (Lipinski definition) is 1. The number of nitrogens with two attached hydrogens (primary N) is 1. The minimum absolute atomic E-state index is 0.214. The molecular weight excluding hydrogens is 222 g/mol. The molecule has 16 heavy (non-hydrogen) atoms. The lowest BCUT2D eigenvalue weighted by molar-refractivity contribution is 0.406. The molecule has 1 nitrogen and oxygen atoms in total. The minimum atomic E-state index is -1.37. The number of halogens is 4. The van der Waals surface area contributed by atoms with Gasteiger partial charge in [-0.15, -0.1) is 0 Å². The summed E-state index contributed by atoms with van der Waals surface area (Å²) in [4.78, 5) is 0. The van der Waals surface area contributed by atoms with E-state index in [1.165, 1.54) is 0 Å². The number of hydrogen-bond acceptors (Lipinski definition) is 1. The Bertz CT molecular complexity index is 412. The fourth-order valence-electron chi connectivity index (χ4n) is 2.08. The van der Waals surface area contributed by atoms with Crippen LogP contribution in [0, 0.1) is 23.3 Å². The topological polar surface area (TPSA) is 26.0 Å². The third-order valence-electron chi connectivity index (χ3n) is 3.27. The predicted molar refractivity (Wildman–Crippen MR) is 50.8 cm³/mol. The second-order valence-electron chi connectivity index (χ2n) is 4.29. The van der Waals surface area contributed by atoms with Gasteiger partial charge in [0.15, 0.2) is 23.3 Å². The Kier molecular flexibility index (Phi) is 2.45. The molecule has 0 aliphatic heterocycles. The average molecular weight is 233 g/mol. The van der Waals surface area contributed by atoms with Gasteiger partial charge in [-0.1, -0.05) is 0 Å². The smallest absolute Gasteiger partial charge is 0.165 e. The second kappa shape index (κ2) is 3.45. The molecule has 1 atom stereocenters. The molecule has 0 spiro atoms. The first-order valence-electron chi connectivity index (χ1n) is 4.99. The zero-order chi connectivity index (χ0) is 12.1. The first-order valence-corrected chi connectivity index (χ1v) is 4.99. The maximum atomic E-state index is 13.5. The zero-order valence-corrected chi connectivity index (χ0v) is 8.66. The Morgan fingerprint density at radius 3 is 1.88 bits per heavy atom. The summed E-state index contributed by atoms with van der Waals surface area (Å²) in [6.45, 7) is 1.58. The first-order chi connectivity index (χ1) is 7.40. The van der Waals surface area contributed by atoms with Crippen LogP contribution < -0.4 is 5.73 Å². The van der Waals surface area contributed by atoms with Gasteiger partial charge in [-0.25, -0.2) is 17.6 Å². The summed E-state index contributed by atoms with van der Waals surface area (Å²) in [5, 5.41) is 0. The van der Waals surface area contributed by atoms with Crippen LogP contribution in [0.2, 0.25) is 0 Å². The fraction of sp³-hybridized carbons (Fsp3) is 0.455. The molecule has 0 aromatic heterocycles. The molecule has 0 bridgehead atoms. The van der Waals surface area contributed by atoms with E-state index in [1.54, 1.807) is 6.92 Å². The van der Waals surface area contributed by atoms with E-state index in [0.717, 1.165) is 0 Å². The van der Waals surface area contributed by atoms with Gasteiger partial charge in [0.2, 0.25) is 0 Å². The highest BCUT2D eigenvalue weighted by atomic mass is 19.2. The molecule has 0 radical (unpaired) electrons. The summed E-state index contributed by atoms with van der Waals surface area (Å²) in [5.41, 5.74) is 4.14. The molecule has 1 aromatic rings. The van der Waals surface area contributed by atoms with Crippen LogP contribution in [0.25, 0.3) is 0 Å². The van der Waals surface area contributed by atoms with Crippen molar-refractivity contribution >= 4 is 0 Å². The van der Waals surface area contributed by atoms with Gasteiger partial charge in [0.05, 0.1) is 0 Å². The summed E-state index contributed by atoms with van der Waals surface area (Å²) in [6, 6.07) is -0.330. The molecule has 0 heterocycles. The second-order valence-corrected chi connectivity index (χ2v) is 4.29. The van der Waals surface area contributed by atoms with Crippen molar-refractivity contribution in [1.82, 2.24) is 0 Å². The Morgan fingerprint density at radius 1 is 1.12 bits per heavy atom. The van der Waals surface area contributed by atoms with Crippen LogP contribution in [0.3, 0.4) is 0 Å². The van der Waals surface area contributed by atoms with E-state index in [2.05, 4.69) is 0 Å². The van der Waals surface area contributed by atoms with Crippen molar-refractivity contribution in [3.05, 3.63) is 34.9 Å². The van der Waals surface area contributed by atoms with E-state index in [1.807, 2.05) is 0 Å². The van der Waals surface area contributed by atoms with Crippen molar-refractivity contribution < 1.29 is 17.6 Å². The van der Waals surface area contributed by atoms with E-state index in [4.69, 9.17) is 5.73 Å². The highest BCUT2D eigenvalue weighted by Gasteiger charge is 2.51. The van der Waals surface area contributed by atoms with Crippen LogP contribution in [0.15, 0.2) is 6.07 Å². The summed E-state index contributed by atoms with van der Waals surface area (Å²) in [5.74, 6) is -5.40. The van der Waals surface area contributed by atoms with E-state index >= 15 is 0 Å². The van der Waals surface area contributed by atoms with Crippen molar-refractivity contribution in [3.8, 4) is 0 Å². The molecule has 2 rings (SSSR count). The van der Waals surface area contributed by atoms with Crippen LogP contribution in [0.4, 0.5) is 17.6 Å². The van der Waals surface area contributed by atoms with Gasteiger partial charge in [-0.2, -0.15) is 0 Å². The van der Waals surface area contributed by atoms with Gasteiger partial charge in [0, 0.05) is 23.1 Å². The Balaban J connectivity index is 2.65. The lowest BCUT2D eigenvalue weighted by Crippen LogP contribution is -2.33. The Labute approximate surface area is 90.3 Å². The van der Waals surface area contributed by atoms with Crippen molar-refractivity contribution in [2.75, 3.05) is 0 Å². The van der Waals surface area contributed by atoms with Gasteiger partial charge in [0.25, 0.3) is 0 Å². The Hall–Kier alpha value is -1.10. The zero-order valence-electron chi connectivity index (χ0n) is 8.66. The molecular formula is C11H11F4N. The summed E-state index contributed by atoms with van der Waals surface area (Å²) < 4.78 is 53.0. The van der Waals surface area contributed by atoms with E-state index in [9.17, 15) is 17.6 Å². The Morgan fingerprint density at radius 2 is 1.56 bits per heavy atom. The van der Waals surface area contributed by atoms with Gasteiger partial charge in [0.1, 0.15) is 0 Å². The molecule has 5 heteroatoms. The summed E-state index contributed by atoms with van der Waals surface area (Å²) >= 11 is 0. The van der Waals surface area contributed by atoms with Crippen LogP contribution in [-0.4, -0.2) is 6.04 Å². The minimum Gasteiger partial charge on any atom is -0.327 e. The lowest BCUT2D eigenvalue weighted by Gasteiger charge is -2.21. The maximum Gasteiger partial charge on any atom is 0.165 e. The predicted octanol–water partition coefficient (Wildman–Crippen LogP) is 2.62. The fourth-order valence-corrected chi connectivity index (χ4v) is 2.08. The van der Waals surface area contributed by atoms with E-state index < -0.39 is 40.3 Å². The van der Waals surface area contributed by atoms with E-state index in [-0.39, 0.29) is 6.07 Å². The molecule has 1 fully saturated rings. The molecule has 1 aliphatic carbocycles. The van der Waals surface area contributed by atoms with Crippen molar-refractivity contribution in [3.63, 3.8) is 0 Å². The van der Waals surface area contributed by atoms with E-state index in [0.29, 0.717) is 12.8 Å². The van der Waals surface area contributed by atoms with Crippen LogP contribution in [0.5, 0.6) is 0 Å². The highest BCUT2D eigenvalue weighted by molar-refractivity contribution is 5.37. The molecule has 1 aliphatic rings. The third-order valence-corrected chi connectivity index (χ3v) is 3.27. The number of benzene rings is 1. The quantitative estimate of drug-likeness (QED) is 0.616. The third kappa shape index (κ3) is 1.42. The molecule has 88 valence electrons. The number of rotatable bonds is 2. The van der Waals surface area contributed by atoms with Crippen LogP contribution in [-0.2, 0) is 5.41 Å². The van der Waals surface area contributed by atoms with Crippen molar-refractivity contribution in [2.45, 2.75) is 31.2 Å². The van der Waals surface area contributed by atoms with Crippen molar-refractivity contribution in [2.24, 2.45) is 5.73 Å². The van der Waals surface area contributed by atoms with Gasteiger partial charge in [-0.3, -0.25) is 0 Å².